The van der Waals surface area contributed by atoms with Crippen molar-refractivity contribution in [2.45, 2.75) is 6.92 Å². The Kier molecular flexibility index (Phi) is 3.04. The van der Waals surface area contributed by atoms with Crippen molar-refractivity contribution in [3.63, 3.8) is 0 Å². The van der Waals surface area contributed by atoms with Crippen LogP contribution in [0.15, 0.2) is 24.3 Å². The number of carbonyl (C=O) groups is 1. The molecule has 0 amide bonds. The van der Waals surface area contributed by atoms with E-state index in [0.29, 0.717) is 16.9 Å². The van der Waals surface area contributed by atoms with Gasteiger partial charge in [-0.05, 0) is 31.2 Å². The molecular formula is C12H8ClN3O2. The fourth-order valence-electron chi connectivity index (χ4n) is 1.59. The van der Waals surface area contributed by atoms with Gasteiger partial charge in [0.25, 0.3) is 0 Å². The van der Waals surface area contributed by atoms with E-state index in [4.69, 9.17) is 22.0 Å². The summed E-state index contributed by atoms with van der Waals surface area (Å²) in [5.74, 6) is -1.11. The van der Waals surface area contributed by atoms with Crippen LogP contribution in [0.3, 0.4) is 0 Å². The van der Waals surface area contributed by atoms with E-state index in [1.54, 1.807) is 31.2 Å². The van der Waals surface area contributed by atoms with E-state index >= 15 is 0 Å². The minimum absolute atomic E-state index is 0.0129. The summed E-state index contributed by atoms with van der Waals surface area (Å²) >= 11 is 5.99. The maximum absolute atomic E-state index is 11.0. The Labute approximate surface area is 108 Å². The highest BCUT2D eigenvalue weighted by atomic mass is 35.5. The molecule has 0 aliphatic carbocycles. The molecule has 18 heavy (non-hydrogen) atoms. The average Bonchev–Trinajstić information content (AvgIpc) is 2.65. The summed E-state index contributed by atoms with van der Waals surface area (Å²) in [6, 6.07) is 8.54. The summed E-state index contributed by atoms with van der Waals surface area (Å²) in [6.07, 6.45) is 0. The van der Waals surface area contributed by atoms with Crippen LogP contribution in [0.25, 0.3) is 5.69 Å². The van der Waals surface area contributed by atoms with Gasteiger partial charge in [-0.1, -0.05) is 11.6 Å². The van der Waals surface area contributed by atoms with Crippen LogP contribution in [-0.4, -0.2) is 20.9 Å². The number of carboxylic acid groups (broad SMARTS) is 1. The zero-order chi connectivity index (χ0) is 13.3. The molecule has 1 heterocycles. The summed E-state index contributed by atoms with van der Waals surface area (Å²) in [4.78, 5) is 11.0. The van der Waals surface area contributed by atoms with E-state index in [1.807, 2.05) is 6.07 Å². The molecule has 0 atom stereocenters. The van der Waals surface area contributed by atoms with Gasteiger partial charge in [0, 0.05) is 0 Å². The second-order valence-electron chi connectivity index (χ2n) is 3.63. The number of nitrogens with zero attached hydrogens (tertiary/aromatic N) is 3. The molecule has 2 aromatic rings. The number of carboxylic acids is 1. The van der Waals surface area contributed by atoms with Crippen molar-refractivity contribution in [3.8, 4) is 11.8 Å². The Morgan fingerprint density at radius 3 is 2.50 bits per heavy atom. The van der Waals surface area contributed by atoms with Crippen LogP contribution in [-0.2, 0) is 0 Å². The molecule has 0 unspecified atom stereocenters. The van der Waals surface area contributed by atoms with Crippen LogP contribution in [0.1, 0.15) is 21.6 Å². The van der Waals surface area contributed by atoms with Gasteiger partial charge < -0.3 is 5.11 Å². The van der Waals surface area contributed by atoms with Gasteiger partial charge in [-0.15, -0.1) is 0 Å². The van der Waals surface area contributed by atoms with Crippen LogP contribution in [0.2, 0.25) is 5.15 Å². The second-order valence-corrected chi connectivity index (χ2v) is 3.98. The largest absolute Gasteiger partial charge is 0.478 e. The van der Waals surface area contributed by atoms with Crippen LogP contribution >= 0.6 is 11.6 Å². The maximum Gasteiger partial charge on any atom is 0.340 e. The number of halogens is 1. The summed E-state index contributed by atoms with van der Waals surface area (Å²) in [6.45, 7) is 1.58. The van der Waals surface area contributed by atoms with Gasteiger partial charge in [-0.2, -0.15) is 10.4 Å². The van der Waals surface area contributed by atoms with E-state index < -0.39 is 5.97 Å². The first-order chi connectivity index (χ1) is 8.54. The van der Waals surface area contributed by atoms with Crippen molar-refractivity contribution >= 4 is 17.6 Å². The Hall–Kier alpha value is -2.32. The number of benzene rings is 1. The van der Waals surface area contributed by atoms with Crippen LogP contribution in [0, 0.1) is 18.3 Å². The van der Waals surface area contributed by atoms with E-state index in [0.717, 1.165) is 0 Å². The van der Waals surface area contributed by atoms with Crippen LogP contribution in [0.4, 0.5) is 0 Å². The quantitative estimate of drug-likeness (QED) is 0.900. The van der Waals surface area contributed by atoms with Gasteiger partial charge in [-0.25, -0.2) is 9.48 Å². The van der Waals surface area contributed by atoms with E-state index in [2.05, 4.69) is 5.10 Å². The average molecular weight is 262 g/mol. The van der Waals surface area contributed by atoms with E-state index in [-0.39, 0.29) is 10.7 Å². The molecule has 1 aromatic heterocycles. The lowest BCUT2D eigenvalue weighted by Gasteiger charge is -2.02. The lowest BCUT2D eigenvalue weighted by atomic mass is 10.2. The number of aromatic nitrogens is 2. The highest BCUT2D eigenvalue weighted by Crippen LogP contribution is 2.23. The molecular weight excluding hydrogens is 254 g/mol. The predicted molar refractivity (Wildman–Crippen MR) is 65.0 cm³/mol. The van der Waals surface area contributed by atoms with Gasteiger partial charge in [-0.3, -0.25) is 0 Å². The molecule has 0 spiro atoms. The third-order valence-electron chi connectivity index (χ3n) is 2.46. The second kappa shape index (κ2) is 4.51. The van der Waals surface area contributed by atoms with Gasteiger partial charge >= 0.3 is 5.97 Å². The van der Waals surface area contributed by atoms with Crippen molar-refractivity contribution in [1.29, 1.82) is 5.26 Å². The van der Waals surface area contributed by atoms with Gasteiger partial charge in [0.05, 0.1) is 23.0 Å². The van der Waals surface area contributed by atoms with Crippen molar-refractivity contribution in [2.75, 3.05) is 0 Å². The number of hydrogen-bond donors (Lipinski definition) is 1. The Balaban J connectivity index is 2.55. The van der Waals surface area contributed by atoms with Crippen LogP contribution in [0.5, 0.6) is 0 Å². The van der Waals surface area contributed by atoms with Crippen LogP contribution < -0.4 is 0 Å². The van der Waals surface area contributed by atoms with E-state index in [1.165, 1.54) is 4.68 Å². The smallest absolute Gasteiger partial charge is 0.340 e. The van der Waals surface area contributed by atoms with Gasteiger partial charge in [0.2, 0.25) is 0 Å². The summed E-state index contributed by atoms with van der Waals surface area (Å²) in [7, 11) is 0. The SMILES string of the molecule is Cc1nn(-c2ccc(C#N)cc2)c(Cl)c1C(=O)O. The first kappa shape index (κ1) is 12.1. The molecule has 6 heteroatoms. The number of aromatic carboxylic acids is 1. The lowest BCUT2D eigenvalue weighted by molar-refractivity contribution is 0.0696. The minimum atomic E-state index is -1.11. The molecule has 5 nitrogen and oxygen atoms in total. The molecule has 0 aliphatic rings. The number of aryl methyl sites for hydroxylation is 1. The fraction of sp³-hybridized carbons (Fsp3) is 0.0833. The first-order valence-corrected chi connectivity index (χ1v) is 5.41. The normalized spacial score (nSPS) is 10.1. The first-order valence-electron chi connectivity index (χ1n) is 5.03. The molecule has 2 rings (SSSR count). The monoisotopic (exact) mass is 261 g/mol. The minimum Gasteiger partial charge on any atom is -0.478 e. The zero-order valence-electron chi connectivity index (χ0n) is 9.38. The number of nitriles is 1. The molecule has 0 saturated carbocycles. The molecule has 0 radical (unpaired) electrons. The molecule has 1 aromatic carbocycles. The number of hydrogen-bond acceptors (Lipinski definition) is 3. The lowest BCUT2D eigenvalue weighted by Crippen LogP contribution is -1.99. The molecule has 1 N–H and O–H groups in total. The zero-order valence-corrected chi connectivity index (χ0v) is 10.1. The molecule has 0 bridgehead atoms. The highest BCUT2D eigenvalue weighted by Gasteiger charge is 2.20. The van der Waals surface area contributed by atoms with Crippen molar-refractivity contribution in [2.24, 2.45) is 0 Å². The predicted octanol–water partition coefficient (Wildman–Crippen LogP) is 2.40. The highest BCUT2D eigenvalue weighted by molar-refractivity contribution is 6.32. The summed E-state index contributed by atoms with van der Waals surface area (Å²) < 4.78 is 1.33. The van der Waals surface area contributed by atoms with Crippen molar-refractivity contribution in [3.05, 3.63) is 46.2 Å². The third kappa shape index (κ3) is 1.94. The van der Waals surface area contributed by atoms with Crippen molar-refractivity contribution in [1.82, 2.24) is 9.78 Å². The van der Waals surface area contributed by atoms with Gasteiger partial charge in [0.15, 0.2) is 0 Å². The van der Waals surface area contributed by atoms with Crippen molar-refractivity contribution < 1.29 is 9.90 Å². The molecule has 0 aliphatic heterocycles. The standard InChI is InChI=1S/C12H8ClN3O2/c1-7-10(12(17)18)11(13)16(15-7)9-4-2-8(6-14)3-5-9/h2-5H,1H3,(H,17,18). The number of rotatable bonds is 2. The summed E-state index contributed by atoms with van der Waals surface area (Å²) in [5.41, 5.74) is 1.45. The maximum atomic E-state index is 11.0. The molecule has 0 saturated heterocycles. The Bertz CT molecular complexity index is 653. The summed E-state index contributed by atoms with van der Waals surface area (Å²) in [5, 5.41) is 21.8. The molecule has 0 fully saturated rings. The third-order valence-corrected chi connectivity index (χ3v) is 2.81. The van der Waals surface area contributed by atoms with Gasteiger partial charge in [0.1, 0.15) is 10.7 Å². The fourth-order valence-corrected chi connectivity index (χ4v) is 1.94. The Morgan fingerprint density at radius 2 is 2.06 bits per heavy atom. The Morgan fingerprint density at radius 1 is 1.44 bits per heavy atom. The topological polar surface area (TPSA) is 78.9 Å². The molecule has 90 valence electrons. The van der Waals surface area contributed by atoms with E-state index in [9.17, 15) is 4.79 Å².